The molecule has 5 rings (SSSR count). The Hall–Kier alpha value is -3.52. The molecule has 1 unspecified atom stereocenters. The van der Waals surface area contributed by atoms with Gasteiger partial charge in [-0.05, 0) is 84.9 Å². The van der Waals surface area contributed by atoms with E-state index in [4.69, 9.17) is 20.1 Å². The van der Waals surface area contributed by atoms with Crippen LogP contribution in [0.1, 0.15) is 21.5 Å². The lowest BCUT2D eigenvalue weighted by atomic mass is 10.0. The molecule has 0 amide bonds. The van der Waals surface area contributed by atoms with Crippen molar-refractivity contribution in [3.05, 3.63) is 143 Å². The second-order valence-electron chi connectivity index (χ2n) is 9.58. The van der Waals surface area contributed by atoms with Crippen LogP contribution in [0.25, 0.3) is 0 Å². The summed E-state index contributed by atoms with van der Waals surface area (Å²) in [5, 5.41) is 0.258. The Morgan fingerprint density at radius 1 is 0.761 bits per heavy atom. The number of alkyl halides is 3. The molecule has 0 saturated heterocycles. The summed E-state index contributed by atoms with van der Waals surface area (Å²) in [7, 11) is -7.10. The van der Waals surface area contributed by atoms with Gasteiger partial charge in [-0.2, -0.15) is 27.1 Å². The molecule has 0 bridgehead atoms. The minimum Gasteiger partial charge on any atom is -0.497 e. The lowest BCUT2D eigenvalue weighted by Gasteiger charge is -2.35. The molecule has 1 atom stereocenters. The largest absolute Gasteiger partial charge is 0.497 e. The van der Waals surface area contributed by atoms with Crippen molar-refractivity contribution < 1.29 is 50.7 Å². The number of hydrogen-bond donors (Lipinski definition) is 0. The first-order valence-corrected chi connectivity index (χ1v) is 17.2. The summed E-state index contributed by atoms with van der Waals surface area (Å²) in [6.45, 7) is 0. The Balaban J connectivity index is 1.61. The summed E-state index contributed by atoms with van der Waals surface area (Å²) in [6.07, 6.45) is -4.65. The van der Waals surface area contributed by atoms with Crippen LogP contribution in [0, 0.1) is 10.2 Å². The fraction of sp³-hybridized carbons (Fsp3) is 0.0606. The quantitative estimate of drug-likeness (QED) is 0.146. The summed E-state index contributed by atoms with van der Waals surface area (Å²) in [6, 6.07) is 29.8. The maximum absolute atomic E-state index is 13.4. The average molecular weight is 708 g/mol. The molecule has 0 aliphatic heterocycles. The molecule has 0 heterocycles. The van der Waals surface area contributed by atoms with Gasteiger partial charge in [0.1, 0.15) is 9.49 Å². The van der Waals surface area contributed by atoms with E-state index < -0.39 is 32.3 Å². The van der Waals surface area contributed by atoms with Gasteiger partial charge in [-0.3, -0.25) is 4.79 Å². The van der Waals surface area contributed by atoms with Crippen LogP contribution in [-0.2, 0) is 9.91 Å². The van der Waals surface area contributed by atoms with E-state index in [1.807, 2.05) is 0 Å². The van der Waals surface area contributed by atoms with Crippen LogP contribution < -0.4 is 18.7 Å². The van der Waals surface area contributed by atoms with Gasteiger partial charge in [0.05, 0.1) is 43.8 Å². The molecule has 0 spiro atoms. The number of ketones is 1. The molecular formula is C33H23Cl2F3O6S2. The van der Waals surface area contributed by atoms with E-state index in [0.29, 0.717) is 26.7 Å². The zero-order chi connectivity index (χ0) is 33.1. The van der Waals surface area contributed by atoms with Gasteiger partial charge in [0.25, 0.3) is 0 Å². The van der Waals surface area contributed by atoms with Gasteiger partial charge in [0.15, 0.2) is 5.78 Å². The summed E-state index contributed by atoms with van der Waals surface area (Å²) in [4.78, 5) is 15.0. The maximum atomic E-state index is 13.4. The molecule has 0 aliphatic rings. The van der Waals surface area contributed by atoms with Gasteiger partial charge in [-0.1, -0.05) is 59.8 Å². The minimum absolute atomic E-state index is 0.0311. The van der Waals surface area contributed by atoms with Crippen LogP contribution in [0.15, 0.2) is 146 Å². The van der Waals surface area contributed by atoms with Gasteiger partial charge in [0, 0.05) is 30.0 Å². The number of carbonyl (C=O) groups is 1. The van der Waals surface area contributed by atoms with Crippen LogP contribution in [0.5, 0.6) is 5.75 Å². The first kappa shape index (κ1) is 33.8. The molecule has 0 aliphatic carbocycles. The highest BCUT2D eigenvalue weighted by Crippen LogP contribution is 2.70. The molecule has 0 N–H and O–H groups in total. The lowest BCUT2D eigenvalue weighted by molar-refractivity contribution is -1.91. The van der Waals surface area contributed by atoms with Crippen molar-refractivity contribution in [3.63, 3.8) is 0 Å². The van der Waals surface area contributed by atoms with Crippen molar-refractivity contribution in [1.82, 2.24) is 0 Å². The Kier molecular flexibility index (Phi) is 10.1. The number of rotatable bonds is 10. The molecule has 46 heavy (non-hydrogen) atoms. The van der Waals surface area contributed by atoms with E-state index in [1.54, 1.807) is 60.7 Å². The summed E-state index contributed by atoms with van der Waals surface area (Å²) >= 11 is 7.69. The van der Waals surface area contributed by atoms with Gasteiger partial charge >= 0.3 is 6.18 Å². The third-order valence-corrected chi connectivity index (χ3v) is 12.3. The Morgan fingerprint density at radius 3 is 1.83 bits per heavy atom. The first-order chi connectivity index (χ1) is 21.8. The molecule has 6 nitrogen and oxygen atoms in total. The summed E-state index contributed by atoms with van der Waals surface area (Å²) in [5.74, 6) is 0.143. The molecule has 5 aromatic rings. The highest BCUT2D eigenvalue weighted by Gasteiger charge is 2.47. The standard InChI is InChI=1S/C33H23Cl2F3O6S2/c1-43-24-12-18-27(19-13-24)46(44-35(40,41)42,26-16-10-23(11-17-26)33(36,37)38)28-20-14-25(15-21-28)45-30-9-5-8-29(34)31(30)32(39)22-6-3-2-4-7-22/h2-21H,1H3. The molecular weight excluding hydrogens is 684 g/mol. The smallest absolute Gasteiger partial charge is 0.416 e. The van der Waals surface area contributed by atoms with Crippen LogP contribution in [-0.4, -0.2) is 12.9 Å². The minimum atomic E-state index is -5.08. The van der Waals surface area contributed by atoms with Crippen LogP contribution in [0.4, 0.5) is 13.2 Å². The van der Waals surface area contributed by atoms with Crippen molar-refractivity contribution >= 4 is 39.5 Å². The van der Waals surface area contributed by atoms with Crippen molar-refractivity contribution in [2.45, 2.75) is 30.7 Å². The summed E-state index contributed by atoms with van der Waals surface area (Å²) in [5.41, 5.74) is -0.213. The van der Waals surface area contributed by atoms with Crippen molar-refractivity contribution in [1.29, 1.82) is 0 Å². The number of hydrogen-bond acceptors (Lipinski definition) is 7. The zero-order valence-electron chi connectivity index (χ0n) is 23.7. The SMILES string of the molecule is COc1ccc(S(O[Cl+3]([O-])([O-])[O-])(c2ccc(Sc3cccc(Cl)c3C(=O)c3ccccc3)cc2)c2ccc(C(F)(F)F)cc2)cc1. The average Bonchev–Trinajstić information content (AvgIpc) is 3.03. The fourth-order valence-corrected chi connectivity index (χ4v) is 10.1. The third kappa shape index (κ3) is 7.38. The Morgan fingerprint density at radius 2 is 1.30 bits per heavy atom. The molecule has 0 aromatic heterocycles. The van der Waals surface area contributed by atoms with E-state index in [1.165, 1.54) is 55.3 Å². The number of ether oxygens (including phenoxy) is 1. The van der Waals surface area contributed by atoms with E-state index in [0.717, 1.165) is 24.3 Å². The third-order valence-electron chi connectivity index (χ3n) is 6.70. The lowest BCUT2D eigenvalue weighted by Crippen LogP contribution is -2.61. The van der Waals surface area contributed by atoms with Crippen LogP contribution in [0.3, 0.4) is 0 Å². The zero-order valence-corrected chi connectivity index (χ0v) is 26.8. The van der Waals surface area contributed by atoms with Gasteiger partial charge in [0.2, 0.25) is 0 Å². The van der Waals surface area contributed by atoms with Crippen molar-refractivity contribution in [3.8, 4) is 5.75 Å². The highest BCUT2D eigenvalue weighted by atomic mass is 35.7. The Labute approximate surface area is 275 Å². The maximum Gasteiger partial charge on any atom is 0.416 e. The number of benzene rings is 5. The molecule has 5 aromatic carbocycles. The van der Waals surface area contributed by atoms with Crippen LogP contribution >= 0.6 is 33.7 Å². The van der Waals surface area contributed by atoms with E-state index in [9.17, 15) is 31.9 Å². The summed E-state index contributed by atoms with van der Waals surface area (Å²) < 4.78 is 87.5. The van der Waals surface area contributed by atoms with Gasteiger partial charge in [-0.15, -0.1) is 0 Å². The van der Waals surface area contributed by atoms with E-state index >= 15 is 0 Å². The second-order valence-corrected chi connectivity index (χ2v) is 14.9. The van der Waals surface area contributed by atoms with E-state index in [2.05, 4.69) is 0 Å². The van der Waals surface area contributed by atoms with Crippen molar-refractivity contribution in [2.75, 3.05) is 7.11 Å². The predicted octanol–water partition coefficient (Wildman–Crippen LogP) is 6.86. The highest BCUT2D eigenvalue weighted by molar-refractivity contribution is 8.29. The van der Waals surface area contributed by atoms with E-state index in [-0.39, 0.29) is 25.5 Å². The molecule has 13 heteroatoms. The molecule has 0 saturated carbocycles. The topological polar surface area (TPSA) is 105 Å². The molecule has 0 radical (unpaired) electrons. The Bertz CT molecular complexity index is 1820. The number of halogens is 5. The first-order valence-electron chi connectivity index (χ1n) is 13.2. The fourth-order valence-electron chi connectivity index (χ4n) is 4.61. The monoisotopic (exact) mass is 706 g/mol. The predicted molar refractivity (Wildman–Crippen MR) is 160 cm³/mol. The molecule has 0 fully saturated rings. The number of methoxy groups -OCH3 is 1. The second kappa shape index (κ2) is 13.7. The van der Waals surface area contributed by atoms with Crippen LogP contribution in [0.2, 0.25) is 5.02 Å². The normalized spacial score (nSPS) is 13.9. The van der Waals surface area contributed by atoms with Gasteiger partial charge < -0.3 is 4.74 Å². The number of carbonyl (C=O) groups excluding carboxylic acids is 1. The molecule has 238 valence electrons. The van der Waals surface area contributed by atoms with Crippen molar-refractivity contribution in [2.24, 2.45) is 0 Å². The van der Waals surface area contributed by atoms with Gasteiger partial charge in [-0.25, -0.2) is 0 Å².